The molecule has 0 radical (unpaired) electrons. The number of hydrogen-bond acceptors (Lipinski definition) is 4. The fourth-order valence-electron chi connectivity index (χ4n) is 0.662. The van der Waals surface area contributed by atoms with Gasteiger partial charge in [0.05, 0.1) is 12.3 Å². The summed E-state index contributed by atoms with van der Waals surface area (Å²) in [5.41, 5.74) is 5.06. The molecule has 0 aliphatic rings. The van der Waals surface area contributed by atoms with Crippen molar-refractivity contribution >= 4 is 15.9 Å². The fourth-order valence-corrected chi connectivity index (χ4v) is 1.47. The highest BCUT2D eigenvalue weighted by molar-refractivity contribution is 7.89. The minimum Gasteiger partial charge on any atom is -0.355 e. The molecule has 0 aliphatic carbocycles. The topological polar surface area (TPSA) is 101 Å². The van der Waals surface area contributed by atoms with Crippen LogP contribution in [0.5, 0.6) is 0 Å². The van der Waals surface area contributed by atoms with Crippen LogP contribution in [0.2, 0.25) is 0 Å². The Balaban J connectivity index is 3.81. The van der Waals surface area contributed by atoms with E-state index in [9.17, 15) is 13.2 Å². The third-order valence-corrected chi connectivity index (χ3v) is 2.57. The quantitative estimate of drug-likeness (QED) is 0.471. The number of nitrogens with two attached hydrogens (primary N) is 1. The van der Waals surface area contributed by atoms with Crippen LogP contribution < -0.4 is 15.8 Å². The first kappa shape index (κ1) is 12.3. The Hall–Kier alpha value is -0.660. The SMILES string of the molecule is CCNC(=O)CNS(=O)(=O)CCN. The number of likely N-dealkylation sites (N-methyl/N-ethyl adjacent to an activating group) is 1. The summed E-state index contributed by atoms with van der Waals surface area (Å²) in [6.45, 7) is 2.06. The summed E-state index contributed by atoms with van der Waals surface area (Å²) in [6, 6.07) is 0. The van der Waals surface area contributed by atoms with Crippen LogP contribution >= 0.6 is 0 Å². The van der Waals surface area contributed by atoms with E-state index in [2.05, 4.69) is 10.0 Å². The standard InChI is InChI=1S/C6H15N3O3S/c1-2-8-6(10)5-9-13(11,12)4-3-7/h9H,2-5,7H2,1H3,(H,8,10). The van der Waals surface area contributed by atoms with Crippen LogP contribution in [-0.4, -0.2) is 39.7 Å². The zero-order valence-corrected chi connectivity index (χ0v) is 8.36. The van der Waals surface area contributed by atoms with Gasteiger partial charge in [0.2, 0.25) is 15.9 Å². The molecular formula is C6H15N3O3S. The van der Waals surface area contributed by atoms with Gasteiger partial charge in [0, 0.05) is 13.1 Å². The smallest absolute Gasteiger partial charge is 0.235 e. The molecule has 0 aromatic carbocycles. The number of rotatable bonds is 6. The number of carbonyl (C=O) groups is 1. The zero-order chi connectivity index (χ0) is 10.3. The Morgan fingerprint density at radius 3 is 2.54 bits per heavy atom. The first-order valence-corrected chi connectivity index (χ1v) is 5.61. The number of amides is 1. The molecule has 13 heavy (non-hydrogen) atoms. The van der Waals surface area contributed by atoms with Crippen LogP contribution in [-0.2, 0) is 14.8 Å². The molecule has 1 amide bonds. The molecule has 0 spiro atoms. The number of nitrogens with one attached hydrogen (secondary N) is 2. The van der Waals surface area contributed by atoms with Gasteiger partial charge in [0.15, 0.2) is 0 Å². The molecule has 0 heterocycles. The molecular weight excluding hydrogens is 194 g/mol. The van der Waals surface area contributed by atoms with Gasteiger partial charge in [0.25, 0.3) is 0 Å². The van der Waals surface area contributed by atoms with Crippen LogP contribution in [0.3, 0.4) is 0 Å². The Kier molecular flexibility index (Phi) is 5.60. The molecule has 0 bridgehead atoms. The third kappa shape index (κ3) is 6.50. The summed E-state index contributed by atoms with van der Waals surface area (Å²) in [5.74, 6) is -0.505. The fraction of sp³-hybridized carbons (Fsp3) is 0.833. The van der Waals surface area contributed by atoms with E-state index in [0.717, 1.165) is 0 Å². The van der Waals surface area contributed by atoms with Crippen LogP contribution in [0.1, 0.15) is 6.92 Å². The first-order valence-electron chi connectivity index (χ1n) is 3.96. The Morgan fingerprint density at radius 2 is 2.08 bits per heavy atom. The molecule has 0 rings (SSSR count). The van der Waals surface area contributed by atoms with Crippen molar-refractivity contribution < 1.29 is 13.2 Å². The predicted molar refractivity (Wildman–Crippen MR) is 49.5 cm³/mol. The van der Waals surface area contributed by atoms with Crippen LogP contribution in [0.25, 0.3) is 0 Å². The van der Waals surface area contributed by atoms with Crippen molar-refractivity contribution in [1.29, 1.82) is 0 Å². The van der Waals surface area contributed by atoms with E-state index in [1.54, 1.807) is 6.92 Å². The monoisotopic (exact) mass is 209 g/mol. The van der Waals surface area contributed by atoms with Gasteiger partial charge in [-0.25, -0.2) is 13.1 Å². The second kappa shape index (κ2) is 5.90. The molecule has 7 heteroatoms. The van der Waals surface area contributed by atoms with Gasteiger partial charge in [-0.15, -0.1) is 0 Å². The van der Waals surface area contributed by atoms with Crippen molar-refractivity contribution in [3.05, 3.63) is 0 Å². The maximum absolute atomic E-state index is 11.0. The van der Waals surface area contributed by atoms with Crippen molar-refractivity contribution in [3.8, 4) is 0 Å². The van der Waals surface area contributed by atoms with Crippen molar-refractivity contribution in [1.82, 2.24) is 10.0 Å². The van der Waals surface area contributed by atoms with Gasteiger partial charge in [-0.05, 0) is 6.92 Å². The molecule has 0 saturated heterocycles. The highest BCUT2D eigenvalue weighted by Crippen LogP contribution is 1.80. The maximum atomic E-state index is 11.0. The van der Waals surface area contributed by atoms with E-state index < -0.39 is 10.0 Å². The van der Waals surface area contributed by atoms with Gasteiger partial charge in [-0.3, -0.25) is 4.79 Å². The Labute approximate surface area is 77.9 Å². The number of sulfonamides is 1. The average molecular weight is 209 g/mol. The molecule has 4 N–H and O–H groups in total. The van der Waals surface area contributed by atoms with Crippen LogP contribution in [0, 0.1) is 0 Å². The van der Waals surface area contributed by atoms with E-state index in [0.29, 0.717) is 6.54 Å². The Morgan fingerprint density at radius 1 is 1.46 bits per heavy atom. The molecule has 78 valence electrons. The van der Waals surface area contributed by atoms with Crippen molar-refractivity contribution in [2.75, 3.05) is 25.4 Å². The predicted octanol–water partition coefficient (Wildman–Crippen LogP) is -2.00. The molecule has 0 saturated carbocycles. The lowest BCUT2D eigenvalue weighted by Gasteiger charge is -2.04. The van der Waals surface area contributed by atoms with Gasteiger partial charge in [-0.1, -0.05) is 0 Å². The minimum absolute atomic E-state index is 0.0464. The zero-order valence-electron chi connectivity index (χ0n) is 7.54. The summed E-state index contributed by atoms with van der Waals surface area (Å²) >= 11 is 0. The van der Waals surface area contributed by atoms with Crippen molar-refractivity contribution in [2.45, 2.75) is 6.92 Å². The second-order valence-corrected chi connectivity index (χ2v) is 4.31. The summed E-state index contributed by atoms with van der Waals surface area (Å²) in [7, 11) is -3.38. The molecule has 0 fully saturated rings. The normalized spacial score (nSPS) is 11.2. The minimum atomic E-state index is -3.38. The summed E-state index contributed by atoms with van der Waals surface area (Å²) in [6.07, 6.45) is 0. The average Bonchev–Trinajstić information content (AvgIpc) is 2.02. The molecule has 6 nitrogen and oxygen atoms in total. The number of hydrogen-bond donors (Lipinski definition) is 3. The van der Waals surface area contributed by atoms with E-state index in [1.807, 2.05) is 0 Å². The lowest BCUT2D eigenvalue weighted by atomic mass is 10.6. The lowest BCUT2D eigenvalue weighted by Crippen LogP contribution is -2.38. The van der Waals surface area contributed by atoms with Crippen LogP contribution in [0.4, 0.5) is 0 Å². The molecule has 0 aromatic rings. The number of carbonyl (C=O) groups excluding carboxylic acids is 1. The molecule has 0 aromatic heterocycles. The Bertz CT molecular complexity index is 250. The summed E-state index contributed by atoms with van der Waals surface area (Å²) in [5, 5.41) is 2.46. The highest BCUT2D eigenvalue weighted by Gasteiger charge is 2.09. The van der Waals surface area contributed by atoms with Crippen LogP contribution in [0.15, 0.2) is 0 Å². The van der Waals surface area contributed by atoms with Gasteiger partial charge in [-0.2, -0.15) is 0 Å². The molecule has 0 atom stereocenters. The van der Waals surface area contributed by atoms with Gasteiger partial charge >= 0.3 is 0 Å². The summed E-state index contributed by atoms with van der Waals surface area (Å²) < 4.78 is 24.1. The molecule has 0 unspecified atom stereocenters. The van der Waals surface area contributed by atoms with E-state index in [-0.39, 0.29) is 24.7 Å². The van der Waals surface area contributed by atoms with Gasteiger partial charge in [0.1, 0.15) is 0 Å². The second-order valence-electron chi connectivity index (χ2n) is 2.38. The maximum Gasteiger partial charge on any atom is 0.235 e. The van der Waals surface area contributed by atoms with E-state index in [4.69, 9.17) is 5.73 Å². The van der Waals surface area contributed by atoms with Crippen molar-refractivity contribution in [3.63, 3.8) is 0 Å². The van der Waals surface area contributed by atoms with E-state index in [1.165, 1.54) is 0 Å². The highest BCUT2D eigenvalue weighted by atomic mass is 32.2. The van der Waals surface area contributed by atoms with Crippen molar-refractivity contribution in [2.24, 2.45) is 5.73 Å². The first-order chi connectivity index (χ1) is 6.02. The van der Waals surface area contributed by atoms with E-state index >= 15 is 0 Å². The lowest BCUT2D eigenvalue weighted by molar-refractivity contribution is -0.119. The molecule has 0 aliphatic heterocycles. The summed E-state index contributed by atoms with van der Waals surface area (Å²) in [4.78, 5) is 10.8. The largest absolute Gasteiger partial charge is 0.355 e. The van der Waals surface area contributed by atoms with Gasteiger partial charge < -0.3 is 11.1 Å². The third-order valence-electron chi connectivity index (χ3n) is 1.21.